The number of hydrogen-bond donors (Lipinski definition) is 1. The summed E-state index contributed by atoms with van der Waals surface area (Å²) in [6.07, 6.45) is 5.77. The fraction of sp³-hybridized carbons (Fsp3) is 0.417. The van der Waals surface area contributed by atoms with Gasteiger partial charge < -0.3 is 5.32 Å². The van der Waals surface area contributed by atoms with Crippen molar-refractivity contribution in [3.63, 3.8) is 0 Å². The molecule has 1 aliphatic heterocycles. The number of hydrogen-bond acceptors (Lipinski definition) is 5. The summed E-state index contributed by atoms with van der Waals surface area (Å²) in [7, 11) is 1.89. The molecule has 0 bridgehead atoms. The minimum absolute atomic E-state index is 0.828. The Kier molecular flexibility index (Phi) is 4.07. The molecule has 5 heteroatoms. The molecule has 0 saturated heterocycles. The van der Waals surface area contributed by atoms with E-state index in [-0.39, 0.29) is 0 Å². The average Bonchev–Trinajstić information content (AvgIpc) is 2.66. The highest BCUT2D eigenvalue weighted by atomic mass is 15.5. The Morgan fingerprint density at radius 2 is 2.35 bits per heavy atom. The van der Waals surface area contributed by atoms with Gasteiger partial charge in [0.25, 0.3) is 0 Å². The standard InChI is InChI=1S/C12H17N5/c1-17(12-14-8-4-5-9-15-12)16-10-11-6-2-3-7-13-11/h2-3,6-7,10H,4-5,8-9H2,1H3,(H,14,15)/b16-10-. The van der Waals surface area contributed by atoms with Crippen LogP contribution < -0.4 is 5.32 Å². The van der Waals surface area contributed by atoms with E-state index in [4.69, 9.17) is 0 Å². The Labute approximate surface area is 101 Å². The van der Waals surface area contributed by atoms with Crippen molar-refractivity contribution in [3.05, 3.63) is 30.1 Å². The monoisotopic (exact) mass is 231 g/mol. The van der Waals surface area contributed by atoms with Crippen LogP contribution >= 0.6 is 0 Å². The number of hydrazone groups is 1. The second-order valence-corrected chi connectivity index (χ2v) is 3.86. The molecule has 0 aromatic carbocycles. The van der Waals surface area contributed by atoms with Crippen LogP contribution in [0.1, 0.15) is 18.5 Å². The van der Waals surface area contributed by atoms with E-state index < -0.39 is 0 Å². The molecule has 0 radical (unpaired) electrons. The lowest BCUT2D eigenvalue weighted by Crippen LogP contribution is -2.35. The van der Waals surface area contributed by atoms with E-state index in [0.29, 0.717) is 0 Å². The van der Waals surface area contributed by atoms with Gasteiger partial charge in [-0.2, -0.15) is 5.10 Å². The molecular weight excluding hydrogens is 214 g/mol. The Morgan fingerprint density at radius 3 is 3.18 bits per heavy atom. The largest absolute Gasteiger partial charge is 0.355 e. The Morgan fingerprint density at radius 1 is 1.41 bits per heavy atom. The smallest absolute Gasteiger partial charge is 0.214 e. The first kappa shape index (κ1) is 11.6. The van der Waals surface area contributed by atoms with E-state index in [9.17, 15) is 0 Å². The van der Waals surface area contributed by atoms with Crippen LogP contribution in [0.3, 0.4) is 0 Å². The van der Waals surface area contributed by atoms with E-state index in [2.05, 4.69) is 20.4 Å². The third-order valence-electron chi connectivity index (χ3n) is 2.49. The molecule has 0 aliphatic carbocycles. The molecule has 0 saturated carbocycles. The molecule has 0 fully saturated rings. The number of nitrogens with one attached hydrogen (secondary N) is 1. The summed E-state index contributed by atoms with van der Waals surface area (Å²) in [6.45, 7) is 1.83. The summed E-state index contributed by atoms with van der Waals surface area (Å²) in [5.74, 6) is 0.828. The van der Waals surface area contributed by atoms with Crippen LogP contribution in [-0.2, 0) is 0 Å². The van der Waals surface area contributed by atoms with Gasteiger partial charge in [0.05, 0.1) is 11.9 Å². The highest BCUT2D eigenvalue weighted by molar-refractivity contribution is 5.82. The summed E-state index contributed by atoms with van der Waals surface area (Å²) >= 11 is 0. The zero-order chi connectivity index (χ0) is 11.9. The molecule has 1 aromatic heterocycles. The summed E-state index contributed by atoms with van der Waals surface area (Å²) < 4.78 is 0. The SMILES string of the molecule is CN(/N=C\c1ccccn1)C1=NCCCCN1. The van der Waals surface area contributed by atoms with Crippen molar-refractivity contribution >= 4 is 12.2 Å². The van der Waals surface area contributed by atoms with Crippen LogP contribution in [0.2, 0.25) is 0 Å². The number of guanidine groups is 1. The molecular formula is C12H17N5. The minimum atomic E-state index is 0.828. The predicted octanol–water partition coefficient (Wildman–Crippen LogP) is 1.09. The highest BCUT2D eigenvalue weighted by Crippen LogP contribution is 1.97. The molecule has 0 spiro atoms. The quantitative estimate of drug-likeness (QED) is 0.612. The first-order chi connectivity index (χ1) is 8.36. The van der Waals surface area contributed by atoms with Crippen LogP contribution in [0, 0.1) is 0 Å². The van der Waals surface area contributed by atoms with Gasteiger partial charge in [-0.3, -0.25) is 9.98 Å². The van der Waals surface area contributed by atoms with Crippen LogP contribution in [0.4, 0.5) is 0 Å². The predicted molar refractivity (Wildman–Crippen MR) is 69.1 cm³/mol. The van der Waals surface area contributed by atoms with Gasteiger partial charge >= 0.3 is 0 Å². The first-order valence-electron chi connectivity index (χ1n) is 5.83. The summed E-state index contributed by atoms with van der Waals surface area (Å²) in [4.78, 5) is 8.61. The molecule has 90 valence electrons. The second kappa shape index (κ2) is 5.98. The Bertz CT molecular complexity index is 399. The minimum Gasteiger partial charge on any atom is -0.355 e. The van der Waals surface area contributed by atoms with Gasteiger partial charge in [-0.25, -0.2) is 5.01 Å². The van der Waals surface area contributed by atoms with Crippen molar-refractivity contribution in [3.8, 4) is 0 Å². The molecule has 1 N–H and O–H groups in total. The maximum absolute atomic E-state index is 4.43. The van der Waals surface area contributed by atoms with Gasteiger partial charge in [-0.05, 0) is 25.0 Å². The van der Waals surface area contributed by atoms with Crippen LogP contribution in [0.25, 0.3) is 0 Å². The molecule has 0 atom stereocenters. The fourth-order valence-corrected chi connectivity index (χ4v) is 1.55. The fourth-order valence-electron chi connectivity index (χ4n) is 1.55. The van der Waals surface area contributed by atoms with E-state index in [1.165, 1.54) is 0 Å². The van der Waals surface area contributed by atoms with Gasteiger partial charge in [-0.15, -0.1) is 0 Å². The van der Waals surface area contributed by atoms with Crippen LogP contribution in [0.5, 0.6) is 0 Å². The molecule has 1 aliphatic rings. The normalized spacial score (nSPS) is 16.2. The number of rotatable bonds is 2. The van der Waals surface area contributed by atoms with E-state index >= 15 is 0 Å². The van der Waals surface area contributed by atoms with Crippen molar-refractivity contribution in [1.29, 1.82) is 0 Å². The van der Waals surface area contributed by atoms with Gasteiger partial charge in [0.1, 0.15) is 0 Å². The lowest BCUT2D eigenvalue weighted by molar-refractivity contribution is 0.520. The number of aliphatic imine (C=N–C) groups is 1. The van der Waals surface area contributed by atoms with E-state index in [0.717, 1.165) is 37.6 Å². The topological polar surface area (TPSA) is 52.9 Å². The zero-order valence-corrected chi connectivity index (χ0v) is 10.0. The van der Waals surface area contributed by atoms with E-state index in [1.807, 2.05) is 25.2 Å². The molecule has 5 nitrogen and oxygen atoms in total. The maximum atomic E-state index is 4.43. The van der Waals surface area contributed by atoms with Crippen molar-refractivity contribution in [1.82, 2.24) is 15.3 Å². The molecule has 17 heavy (non-hydrogen) atoms. The Hall–Kier alpha value is -1.91. The van der Waals surface area contributed by atoms with Crippen molar-refractivity contribution in [2.75, 3.05) is 20.1 Å². The molecule has 1 aromatic rings. The maximum Gasteiger partial charge on any atom is 0.214 e. The molecule has 0 unspecified atom stereocenters. The second-order valence-electron chi connectivity index (χ2n) is 3.86. The summed E-state index contributed by atoms with van der Waals surface area (Å²) in [5.41, 5.74) is 0.841. The van der Waals surface area contributed by atoms with Crippen LogP contribution in [0.15, 0.2) is 34.5 Å². The van der Waals surface area contributed by atoms with Crippen molar-refractivity contribution < 1.29 is 0 Å². The van der Waals surface area contributed by atoms with Gasteiger partial charge in [0.2, 0.25) is 5.96 Å². The number of pyridine rings is 1. The molecule has 2 rings (SSSR count). The summed E-state index contributed by atoms with van der Waals surface area (Å²) in [5, 5.41) is 9.32. The van der Waals surface area contributed by atoms with Crippen molar-refractivity contribution in [2.45, 2.75) is 12.8 Å². The first-order valence-corrected chi connectivity index (χ1v) is 5.83. The van der Waals surface area contributed by atoms with Gasteiger partial charge in [0.15, 0.2) is 0 Å². The van der Waals surface area contributed by atoms with Gasteiger partial charge in [-0.1, -0.05) is 6.07 Å². The summed E-state index contributed by atoms with van der Waals surface area (Å²) in [6, 6.07) is 5.74. The lowest BCUT2D eigenvalue weighted by atomic mass is 10.3. The molecule has 0 amide bonds. The zero-order valence-electron chi connectivity index (χ0n) is 10.0. The third-order valence-corrected chi connectivity index (χ3v) is 2.49. The number of nitrogens with zero attached hydrogens (tertiary/aromatic N) is 4. The van der Waals surface area contributed by atoms with E-state index in [1.54, 1.807) is 17.4 Å². The third kappa shape index (κ3) is 3.55. The van der Waals surface area contributed by atoms with Crippen molar-refractivity contribution in [2.24, 2.45) is 10.1 Å². The van der Waals surface area contributed by atoms with Gasteiger partial charge in [0, 0.05) is 26.3 Å². The van der Waals surface area contributed by atoms with Crippen LogP contribution in [-0.4, -0.2) is 42.3 Å². The highest BCUT2D eigenvalue weighted by Gasteiger charge is 2.06. The lowest BCUT2D eigenvalue weighted by Gasteiger charge is -2.15. The number of aromatic nitrogens is 1. The average molecular weight is 231 g/mol. The Balaban J connectivity index is 1.98. The molecule has 2 heterocycles.